The van der Waals surface area contributed by atoms with Crippen LogP contribution >= 0.6 is 11.6 Å². The molecule has 21 heavy (non-hydrogen) atoms. The van der Waals surface area contributed by atoms with E-state index < -0.39 is 37.3 Å². The minimum Gasteiger partial charge on any atom is -0.478 e. The number of nitrogens with one attached hydrogen (secondary N) is 1. The van der Waals surface area contributed by atoms with E-state index in [2.05, 4.69) is 4.72 Å². The van der Waals surface area contributed by atoms with Gasteiger partial charge in [-0.15, -0.1) is 0 Å². The average Bonchev–Trinajstić information content (AvgIpc) is 2.36. The lowest BCUT2D eigenvalue weighted by Gasteiger charge is -2.38. The molecule has 0 spiro atoms. The standard InChI is InChI=1S/C13H15ClFNO4S/c1-13(3-2-4-13)7-16-21(19,20)8-5-9(12(17)18)11(14)10(15)6-8/h5-6,16H,2-4,7H2,1H3,(H,17,18). The summed E-state index contributed by atoms with van der Waals surface area (Å²) in [4.78, 5) is 10.5. The predicted molar refractivity (Wildman–Crippen MR) is 75.5 cm³/mol. The van der Waals surface area contributed by atoms with E-state index >= 15 is 0 Å². The number of aromatic carboxylic acids is 1. The lowest BCUT2D eigenvalue weighted by Crippen LogP contribution is -2.39. The van der Waals surface area contributed by atoms with Crippen molar-refractivity contribution in [3.63, 3.8) is 0 Å². The Hall–Kier alpha value is -1.18. The summed E-state index contributed by atoms with van der Waals surface area (Å²) < 4.78 is 40.3. The zero-order valence-electron chi connectivity index (χ0n) is 11.3. The van der Waals surface area contributed by atoms with Crippen molar-refractivity contribution >= 4 is 27.6 Å². The van der Waals surface area contributed by atoms with Gasteiger partial charge in [-0.1, -0.05) is 24.9 Å². The second kappa shape index (κ2) is 5.55. The van der Waals surface area contributed by atoms with Gasteiger partial charge in [0.05, 0.1) is 15.5 Å². The maximum atomic E-state index is 13.6. The van der Waals surface area contributed by atoms with Crippen LogP contribution in [0.15, 0.2) is 17.0 Å². The number of carboxylic acid groups (broad SMARTS) is 1. The van der Waals surface area contributed by atoms with Gasteiger partial charge >= 0.3 is 5.97 Å². The summed E-state index contributed by atoms with van der Waals surface area (Å²) in [5.41, 5.74) is -0.667. The van der Waals surface area contributed by atoms with Crippen molar-refractivity contribution in [1.29, 1.82) is 0 Å². The van der Waals surface area contributed by atoms with Crippen LogP contribution in [0.4, 0.5) is 4.39 Å². The molecule has 5 nitrogen and oxygen atoms in total. The van der Waals surface area contributed by atoms with Crippen LogP contribution in [0.1, 0.15) is 36.5 Å². The lowest BCUT2D eigenvalue weighted by molar-refractivity contribution is 0.0696. The molecule has 1 aliphatic carbocycles. The fourth-order valence-electron chi connectivity index (χ4n) is 2.18. The molecule has 0 heterocycles. The molecule has 1 aliphatic rings. The van der Waals surface area contributed by atoms with E-state index in [4.69, 9.17) is 16.7 Å². The highest BCUT2D eigenvalue weighted by molar-refractivity contribution is 7.89. The summed E-state index contributed by atoms with van der Waals surface area (Å²) in [5, 5.41) is 8.32. The van der Waals surface area contributed by atoms with Crippen LogP contribution in [-0.4, -0.2) is 26.0 Å². The smallest absolute Gasteiger partial charge is 0.337 e. The normalized spacial score (nSPS) is 17.3. The highest BCUT2D eigenvalue weighted by Gasteiger charge is 2.33. The van der Waals surface area contributed by atoms with Crippen molar-refractivity contribution in [3.05, 3.63) is 28.5 Å². The fourth-order valence-corrected chi connectivity index (χ4v) is 3.61. The first-order valence-corrected chi connectivity index (χ1v) is 8.23. The molecule has 2 rings (SSSR count). The van der Waals surface area contributed by atoms with E-state index in [9.17, 15) is 17.6 Å². The molecule has 0 aliphatic heterocycles. The van der Waals surface area contributed by atoms with E-state index in [1.807, 2.05) is 6.92 Å². The third-order valence-electron chi connectivity index (χ3n) is 3.79. The van der Waals surface area contributed by atoms with E-state index in [0.717, 1.165) is 31.4 Å². The van der Waals surface area contributed by atoms with Gasteiger partial charge in [0.1, 0.15) is 5.82 Å². The molecular formula is C13H15ClFNO4S. The van der Waals surface area contributed by atoms with Crippen LogP contribution in [0.25, 0.3) is 0 Å². The number of sulfonamides is 1. The van der Waals surface area contributed by atoms with E-state index in [1.165, 1.54) is 0 Å². The molecule has 0 saturated heterocycles. The Labute approximate surface area is 127 Å². The Morgan fingerprint density at radius 1 is 1.48 bits per heavy atom. The van der Waals surface area contributed by atoms with Gasteiger partial charge < -0.3 is 5.11 Å². The number of hydrogen-bond acceptors (Lipinski definition) is 3. The molecule has 0 amide bonds. The predicted octanol–water partition coefficient (Wildman–Crippen LogP) is 2.65. The van der Waals surface area contributed by atoms with Crippen LogP contribution in [0.5, 0.6) is 0 Å². The number of carboxylic acids is 1. The van der Waals surface area contributed by atoms with Crippen LogP contribution in [-0.2, 0) is 10.0 Å². The Kier molecular flexibility index (Phi) is 4.28. The van der Waals surface area contributed by atoms with E-state index in [1.54, 1.807) is 0 Å². The molecule has 1 saturated carbocycles. The van der Waals surface area contributed by atoms with Crippen molar-refractivity contribution in [2.45, 2.75) is 31.1 Å². The number of hydrogen-bond donors (Lipinski definition) is 2. The largest absolute Gasteiger partial charge is 0.478 e. The van der Waals surface area contributed by atoms with Crippen molar-refractivity contribution < 1.29 is 22.7 Å². The molecule has 0 aromatic heterocycles. The highest BCUT2D eigenvalue weighted by Crippen LogP contribution is 2.39. The SMILES string of the molecule is CC1(CNS(=O)(=O)c2cc(F)c(Cl)c(C(=O)O)c2)CCC1. The average molecular weight is 336 g/mol. The third kappa shape index (κ3) is 3.36. The van der Waals surface area contributed by atoms with Crippen molar-refractivity contribution in [3.8, 4) is 0 Å². The van der Waals surface area contributed by atoms with Crippen LogP contribution in [0.2, 0.25) is 5.02 Å². The topological polar surface area (TPSA) is 83.5 Å². The summed E-state index contributed by atoms with van der Waals surface area (Å²) >= 11 is 5.52. The monoisotopic (exact) mass is 335 g/mol. The van der Waals surface area contributed by atoms with Gasteiger partial charge in [-0.25, -0.2) is 22.3 Å². The zero-order valence-corrected chi connectivity index (χ0v) is 12.9. The molecule has 0 bridgehead atoms. The number of halogens is 2. The fraction of sp³-hybridized carbons (Fsp3) is 0.462. The Bertz CT molecular complexity index is 686. The molecule has 1 aromatic rings. The highest BCUT2D eigenvalue weighted by atomic mass is 35.5. The number of benzene rings is 1. The third-order valence-corrected chi connectivity index (χ3v) is 5.56. The van der Waals surface area contributed by atoms with Crippen molar-refractivity contribution in [2.24, 2.45) is 5.41 Å². The maximum Gasteiger partial charge on any atom is 0.337 e. The molecule has 1 aromatic carbocycles. The molecule has 2 N–H and O–H groups in total. The zero-order chi connectivity index (χ0) is 15.8. The molecule has 116 valence electrons. The first-order valence-electron chi connectivity index (χ1n) is 6.37. The van der Waals surface area contributed by atoms with Gasteiger partial charge in [-0.05, 0) is 30.4 Å². The van der Waals surface area contributed by atoms with Gasteiger partial charge in [0.15, 0.2) is 0 Å². The molecular weight excluding hydrogens is 321 g/mol. The maximum absolute atomic E-state index is 13.6. The summed E-state index contributed by atoms with van der Waals surface area (Å²) in [6, 6.07) is 1.58. The molecule has 0 radical (unpaired) electrons. The summed E-state index contributed by atoms with van der Waals surface area (Å²) in [7, 11) is -3.98. The van der Waals surface area contributed by atoms with Gasteiger partial charge in [-0.3, -0.25) is 0 Å². The van der Waals surface area contributed by atoms with Crippen molar-refractivity contribution in [2.75, 3.05) is 6.54 Å². The Morgan fingerprint density at radius 2 is 2.10 bits per heavy atom. The van der Waals surface area contributed by atoms with Crippen LogP contribution < -0.4 is 4.72 Å². The summed E-state index contributed by atoms with van der Waals surface area (Å²) in [6.45, 7) is 2.20. The van der Waals surface area contributed by atoms with Gasteiger partial charge in [-0.2, -0.15) is 0 Å². The number of rotatable bonds is 5. The molecule has 0 unspecified atom stereocenters. The van der Waals surface area contributed by atoms with Gasteiger partial charge in [0, 0.05) is 6.54 Å². The number of carbonyl (C=O) groups is 1. The Morgan fingerprint density at radius 3 is 2.57 bits per heavy atom. The minimum absolute atomic E-state index is 0.0896. The van der Waals surface area contributed by atoms with Crippen LogP contribution in [0.3, 0.4) is 0 Å². The minimum atomic E-state index is -3.98. The summed E-state index contributed by atoms with van der Waals surface area (Å²) in [6.07, 6.45) is 2.90. The van der Waals surface area contributed by atoms with Gasteiger partial charge in [0.2, 0.25) is 10.0 Å². The summed E-state index contributed by atoms with van der Waals surface area (Å²) in [5.74, 6) is -2.56. The molecule has 1 fully saturated rings. The first-order chi connectivity index (χ1) is 9.65. The van der Waals surface area contributed by atoms with E-state index in [0.29, 0.717) is 0 Å². The second-order valence-corrected chi connectivity index (χ2v) is 7.71. The second-order valence-electron chi connectivity index (χ2n) is 5.56. The quantitative estimate of drug-likeness (QED) is 0.866. The molecule has 8 heteroatoms. The van der Waals surface area contributed by atoms with Gasteiger partial charge in [0.25, 0.3) is 0 Å². The van der Waals surface area contributed by atoms with E-state index in [-0.39, 0.29) is 12.0 Å². The first kappa shape index (κ1) is 16.2. The lowest BCUT2D eigenvalue weighted by atomic mass is 9.71. The Balaban J connectivity index is 2.29. The van der Waals surface area contributed by atoms with Crippen LogP contribution in [0, 0.1) is 11.2 Å². The molecule has 0 atom stereocenters. The van der Waals surface area contributed by atoms with Crippen molar-refractivity contribution in [1.82, 2.24) is 4.72 Å².